The van der Waals surface area contributed by atoms with Gasteiger partial charge in [-0.3, -0.25) is 0 Å². The quantitative estimate of drug-likeness (QED) is 0.871. The second kappa shape index (κ2) is 5.22. The van der Waals surface area contributed by atoms with Gasteiger partial charge in [0.15, 0.2) is 0 Å². The topological polar surface area (TPSA) is 35.8 Å². The third kappa shape index (κ3) is 2.79. The van der Waals surface area contributed by atoms with E-state index in [1.807, 2.05) is 36.4 Å². The first-order valence-corrected chi connectivity index (χ1v) is 6.09. The molecule has 0 saturated carbocycles. The van der Waals surface area contributed by atoms with Crippen molar-refractivity contribution in [2.75, 3.05) is 5.32 Å². The molecular weight excluding hydrogens is 300 g/mol. The van der Waals surface area contributed by atoms with Gasteiger partial charge in [0, 0.05) is 10.2 Å². The molecule has 84 valence electrons. The molecule has 2 rings (SSSR count). The van der Waals surface area contributed by atoms with E-state index in [9.17, 15) is 0 Å². The van der Waals surface area contributed by atoms with E-state index < -0.39 is 0 Å². The van der Waals surface area contributed by atoms with E-state index in [1.165, 1.54) is 0 Å². The van der Waals surface area contributed by atoms with Crippen LogP contribution in [0.3, 0.4) is 0 Å². The van der Waals surface area contributed by atoms with Gasteiger partial charge in [0.1, 0.15) is 6.07 Å². The highest BCUT2D eigenvalue weighted by atomic mass is 79.9. The van der Waals surface area contributed by atoms with Gasteiger partial charge >= 0.3 is 0 Å². The zero-order chi connectivity index (χ0) is 12.3. The van der Waals surface area contributed by atoms with E-state index in [0.29, 0.717) is 10.6 Å². The molecule has 0 aliphatic rings. The Bertz CT molecular complexity index is 590. The normalized spacial score (nSPS) is 9.71. The maximum absolute atomic E-state index is 8.78. The van der Waals surface area contributed by atoms with Crippen molar-refractivity contribution in [3.8, 4) is 6.07 Å². The van der Waals surface area contributed by atoms with Crippen LogP contribution < -0.4 is 5.32 Å². The Hall–Kier alpha value is -1.50. The number of hydrogen-bond acceptors (Lipinski definition) is 2. The van der Waals surface area contributed by atoms with Crippen molar-refractivity contribution in [2.24, 2.45) is 0 Å². The Labute approximate surface area is 113 Å². The summed E-state index contributed by atoms with van der Waals surface area (Å²) in [6, 6.07) is 15.1. The fourth-order valence-corrected chi connectivity index (χ4v) is 2.01. The summed E-state index contributed by atoms with van der Waals surface area (Å²) >= 11 is 9.41. The molecule has 2 aromatic rings. The minimum Gasteiger partial charge on any atom is -0.355 e. The Balaban J connectivity index is 2.29. The van der Waals surface area contributed by atoms with Gasteiger partial charge in [0.2, 0.25) is 0 Å². The summed E-state index contributed by atoms with van der Waals surface area (Å²) in [4.78, 5) is 0. The molecule has 17 heavy (non-hydrogen) atoms. The van der Waals surface area contributed by atoms with Gasteiger partial charge in [-0.05, 0) is 46.3 Å². The first kappa shape index (κ1) is 12.0. The molecule has 0 bridgehead atoms. The van der Waals surface area contributed by atoms with E-state index in [2.05, 4.69) is 21.2 Å². The van der Waals surface area contributed by atoms with Crippen LogP contribution in [-0.4, -0.2) is 0 Å². The smallest absolute Gasteiger partial charge is 0.101 e. The predicted octanol–water partition coefficient (Wildman–Crippen LogP) is 4.72. The molecule has 0 fully saturated rings. The van der Waals surface area contributed by atoms with Crippen molar-refractivity contribution in [1.82, 2.24) is 0 Å². The minimum absolute atomic E-state index is 0.449. The van der Waals surface area contributed by atoms with Crippen molar-refractivity contribution in [3.05, 3.63) is 57.5 Å². The molecule has 0 aromatic heterocycles. The standard InChI is InChI=1S/C13H8BrClN2/c14-11-3-1-2-4-13(11)17-10-6-5-9(8-16)12(15)7-10/h1-7,17H. The average Bonchev–Trinajstić information content (AvgIpc) is 2.32. The zero-order valence-corrected chi connectivity index (χ0v) is 11.1. The van der Waals surface area contributed by atoms with Crippen LogP contribution in [0.4, 0.5) is 11.4 Å². The van der Waals surface area contributed by atoms with Crippen LogP contribution in [0.5, 0.6) is 0 Å². The van der Waals surface area contributed by atoms with Crippen molar-refractivity contribution >= 4 is 38.9 Å². The van der Waals surface area contributed by atoms with Gasteiger partial charge in [-0.15, -0.1) is 0 Å². The third-order valence-electron chi connectivity index (χ3n) is 2.24. The first-order chi connectivity index (χ1) is 8.20. The summed E-state index contributed by atoms with van der Waals surface area (Å²) < 4.78 is 0.973. The Kier molecular flexibility index (Phi) is 3.68. The summed E-state index contributed by atoms with van der Waals surface area (Å²) in [5, 5.41) is 12.5. The molecule has 2 aromatic carbocycles. The second-order valence-corrected chi connectivity index (χ2v) is 4.67. The third-order valence-corrected chi connectivity index (χ3v) is 3.25. The molecule has 0 amide bonds. The summed E-state index contributed by atoms with van der Waals surface area (Å²) in [7, 11) is 0. The number of benzene rings is 2. The molecule has 0 atom stereocenters. The van der Waals surface area contributed by atoms with Crippen molar-refractivity contribution in [1.29, 1.82) is 5.26 Å². The highest BCUT2D eigenvalue weighted by Crippen LogP contribution is 2.27. The van der Waals surface area contributed by atoms with Crippen LogP contribution in [0.15, 0.2) is 46.9 Å². The molecule has 0 radical (unpaired) electrons. The molecule has 2 nitrogen and oxygen atoms in total. The van der Waals surface area contributed by atoms with Gasteiger partial charge in [0.05, 0.1) is 16.3 Å². The largest absolute Gasteiger partial charge is 0.355 e. The van der Waals surface area contributed by atoms with Crippen LogP contribution in [-0.2, 0) is 0 Å². The second-order valence-electron chi connectivity index (χ2n) is 3.41. The van der Waals surface area contributed by atoms with Crippen LogP contribution in [0.25, 0.3) is 0 Å². The average molecular weight is 308 g/mol. The lowest BCUT2D eigenvalue weighted by Gasteiger charge is -2.08. The van der Waals surface area contributed by atoms with E-state index in [4.69, 9.17) is 16.9 Å². The fourth-order valence-electron chi connectivity index (χ4n) is 1.40. The number of halogens is 2. The number of hydrogen-bond donors (Lipinski definition) is 1. The lowest BCUT2D eigenvalue weighted by molar-refractivity contribution is 1.47. The Morgan fingerprint density at radius 2 is 1.94 bits per heavy atom. The SMILES string of the molecule is N#Cc1ccc(Nc2ccccc2Br)cc1Cl. The highest BCUT2D eigenvalue weighted by Gasteiger charge is 2.03. The number of nitriles is 1. The van der Waals surface area contributed by atoms with Gasteiger partial charge in [-0.1, -0.05) is 23.7 Å². The number of rotatable bonds is 2. The molecular formula is C13H8BrClN2. The molecule has 0 aliphatic carbocycles. The predicted molar refractivity (Wildman–Crippen MR) is 73.6 cm³/mol. The van der Waals surface area contributed by atoms with Crippen LogP contribution in [0.1, 0.15) is 5.56 Å². The van der Waals surface area contributed by atoms with E-state index >= 15 is 0 Å². The molecule has 1 N–H and O–H groups in total. The summed E-state index contributed by atoms with van der Waals surface area (Å²) in [5.74, 6) is 0. The van der Waals surface area contributed by atoms with E-state index in [1.54, 1.807) is 12.1 Å². The first-order valence-electron chi connectivity index (χ1n) is 4.92. The van der Waals surface area contributed by atoms with Crippen LogP contribution >= 0.6 is 27.5 Å². The summed E-state index contributed by atoms with van der Waals surface area (Å²) in [6.07, 6.45) is 0. The number of nitrogens with one attached hydrogen (secondary N) is 1. The zero-order valence-electron chi connectivity index (χ0n) is 8.74. The van der Waals surface area contributed by atoms with Gasteiger partial charge in [-0.2, -0.15) is 5.26 Å². The molecule has 0 spiro atoms. The molecule has 0 heterocycles. The summed E-state index contributed by atoms with van der Waals surface area (Å²) in [5.41, 5.74) is 2.28. The lowest BCUT2D eigenvalue weighted by atomic mass is 10.2. The van der Waals surface area contributed by atoms with Crippen molar-refractivity contribution < 1.29 is 0 Å². The van der Waals surface area contributed by atoms with Gasteiger partial charge in [0.25, 0.3) is 0 Å². The van der Waals surface area contributed by atoms with Gasteiger partial charge < -0.3 is 5.32 Å². The monoisotopic (exact) mass is 306 g/mol. The minimum atomic E-state index is 0.449. The van der Waals surface area contributed by atoms with Crippen LogP contribution in [0.2, 0.25) is 5.02 Å². The number of nitrogens with zero attached hydrogens (tertiary/aromatic N) is 1. The van der Waals surface area contributed by atoms with E-state index in [0.717, 1.165) is 15.8 Å². The number of anilines is 2. The van der Waals surface area contributed by atoms with Crippen LogP contribution in [0, 0.1) is 11.3 Å². The van der Waals surface area contributed by atoms with E-state index in [-0.39, 0.29) is 0 Å². The maximum Gasteiger partial charge on any atom is 0.101 e. The van der Waals surface area contributed by atoms with Gasteiger partial charge in [-0.25, -0.2) is 0 Å². The van der Waals surface area contributed by atoms with Crippen molar-refractivity contribution in [2.45, 2.75) is 0 Å². The molecule has 0 unspecified atom stereocenters. The highest BCUT2D eigenvalue weighted by molar-refractivity contribution is 9.10. The molecule has 0 aliphatic heterocycles. The summed E-state index contributed by atoms with van der Waals surface area (Å²) in [6.45, 7) is 0. The number of para-hydroxylation sites is 1. The Morgan fingerprint density at radius 3 is 2.59 bits per heavy atom. The fraction of sp³-hybridized carbons (Fsp3) is 0. The molecule has 0 saturated heterocycles. The maximum atomic E-state index is 8.78. The molecule has 4 heteroatoms. The lowest BCUT2D eigenvalue weighted by Crippen LogP contribution is -1.91. The van der Waals surface area contributed by atoms with Crippen molar-refractivity contribution in [3.63, 3.8) is 0 Å². The Morgan fingerprint density at radius 1 is 1.18 bits per heavy atom.